The van der Waals surface area contributed by atoms with Crippen LogP contribution in [0.2, 0.25) is 5.04 Å². The van der Waals surface area contributed by atoms with Gasteiger partial charge in [0.2, 0.25) is 0 Å². The van der Waals surface area contributed by atoms with Crippen LogP contribution in [0.15, 0.2) is 60.7 Å². The second kappa shape index (κ2) is 13.0. The molecule has 0 aliphatic heterocycles. The molecule has 4 unspecified atom stereocenters. The minimum Gasteiger partial charge on any atom is -0.404 e. The van der Waals surface area contributed by atoms with E-state index in [4.69, 9.17) is 23.4 Å². The van der Waals surface area contributed by atoms with Gasteiger partial charge in [-0.3, -0.25) is 0 Å². The maximum atomic E-state index is 7.56. The van der Waals surface area contributed by atoms with Crippen LogP contribution in [0, 0.1) is 5.92 Å². The maximum Gasteiger partial charge on any atom is 0.261 e. The minimum absolute atomic E-state index is 0.0530. The number of hydrogen-bond donors (Lipinski definition) is 0. The largest absolute Gasteiger partial charge is 0.404 e. The smallest absolute Gasteiger partial charge is 0.261 e. The van der Waals surface area contributed by atoms with E-state index < -0.39 is 14.1 Å². The van der Waals surface area contributed by atoms with Crippen molar-refractivity contribution in [2.24, 2.45) is 5.92 Å². The number of ether oxygens (including phenoxy) is 4. The van der Waals surface area contributed by atoms with E-state index in [0.29, 0.717) is 25.6 Å². The molecule has 1 aliphatic rings. The van der Waals surface area contributed by atoms with Crippen LogP contribution >= 0.6 is 0 Å². The second-order valence-electron chi connectivity index (χ2n) is 11.2. The van der Waals surface area contributed by atoms with Gasteiger partial charge in [-0.05, 0) is 55.4 Å². The third kappa shape index (κ3) is 7.11. The van der Waals surface area contributed by atoms with Crippen LogP contribution < -0.4 is 10.4 Å². The van der Waals surface area contributed by atoms with E-state index in [0.717, 1.165) is 12.8 Å². The van der Waals surface area contributed by atoms with E-state index in [-0.39, 0.29) is 23.7 Å². The van der Waals surface area contributed by atoms with E-state index in [1.165, 1.54) is 10.4 Å². The van der Waals surface area contributed by atoms with Crippen molar-refractivity contribution in [3.8, 4) is 0 Å². The lowest BCUT2D eigenvalue weighted by Crippen LogP contribution is -2.69. The molecule has 0 aromatic heterocycles. The molecule has 0 amide bonds. The topological polar surface area (TPSA) is 46.2 Å². The molecule has 0 spiro atoms. The van der Waals surface area contributed by atoms with Gasteiger partial charge in [0.1, 0.15) is 0 Å². The molecule has 2 aromatic carbocycles. The third-order valence-electron chi connectivity index (χ3n) is 7.44. The molecule has 1 saturated carbocycles. The SMILES string of the molecule is CCOC(C)OC1(OC(C)OCC)CCC(C)C(O[Si](c2ccccc2)(c2ccccc2)C(C)(C)C)C1. The highest BCUT2D eigenvalue weighted by Crippen LogP contribution is 2.44. The molecule has 5 nitrogen and oxygen atoms in total. The van der Waals surface area contributed by atoms with Gasteiger partial charge in [0, 0.05) is 26.1 Å². The van der Waals surface area contributed by atoms with Gasteiger partial charge in [0.25, 0.3) is 8.32 Å². The first-order valence-corrected chi connectivity index (χ1v) is 15.9. The standard InChI is InChI=1S/C31H48O5Si/c1-9-32-25(4)34-31(35-26(5)33-10-2)22-21-24(3)29(23-31)36-37(30(6,7)8,27-17-13-11-14-18-27)28-19-15-12-16-20-28/h11-20,24-26,29H,9-10,21-23H2,1-8H3. The second-order valence-corrected chi connectivity index (χ2v) is 15.5. The van der Waals surface area contributed by atoms with Crippen LogP contribution in [0.1, 0.15) is 74.7 Å². The van der Waals surface area contributed by atoms with E-state index in [2.05, 4.69) is 88.4 Å². The molecule has 3 rings (SSSR count). The Bertz CT molecular complexity index is 876. The average molecular weight is 529 g/mol. The summed E-state index contributed by atoms with van der Waals surface area (Å²) in [5, 5.41) is 2.46. The van der Waals surface area contributed by atoms with Crippen molar-refractivity contribution in [2.45, 2.75) is 104 Å². The third-order valence-corrected chi connectivity index (χ3v) is 12.5. The summed E-state index contributed by atoms with van der Waals surface area (Å²) in [6, 6.07) is 21.6. The average Bonchev–Trinajstić information content (AvgIpc) is 2.85. The molecule has 6 heteroatoms. The summed E-state index contributed by atoms with van der Waals surface area (Å²) in [5.74, 6) is -0.488. The van der Waals surface area contributed by atoms with Crippen molar-refractivity contribution < 1.29 is 23.4 Å². The van der Waals surface area contributed by atoms with Crippen molar-refractivity contribution in [3.63, 3.8) is 0 Å². The molecule has 206 valence electrons. The van der Waals surface area contributed by atoms with Crippen molar-refractivity contribution in [2.75, 3.05) is 13.2 Å². The van der Waals surface area contributed by atoms with Crippen LogP contribution in [-0.2, 0) is 23.4 Å². The molecule has 0 N–H and O–H groups in total. The fraction of sp³-hybridized carbons (Fsp3) is 0.613. The van der Waals surface area contributed by atoms with Gasteiger partial charge in [-0.15, -0.1) is 0 Å². The van der Waals surface area contributed by atoms with Crippen LogP contribution in [0.3, 0.4) is 0 Å². The van der Waals surface area contributed by atoms with E-state index in [1.807, 2.05) is 27.7 Å². The van der Waals surface area contributed by atoms with Gasteiger partial charge in [0.05, 0.1) is 6.10 Å². The van der Waals surface area contributed by atoms with Crippen LogP contribution in [0.5, 0.6) is 0 Å². The summed E-state index contributed by atoms with van der Waals surface area (Å²) in [7, 11) is -2.72. The lowest BCUT2D eigenvalue weighted by atomic mass is 9.83. The van der Waals surface area contributed by atoms with Gasteiger partial charge >= 0.3 is 0 Å². The first kappa shape index (κ1) is 30.0. The molecule has 2 aromatic rings. The van der Waals surface area contributed by atoms with Gasteiger partial charge in [-0.2, -0.15) is 0 Å². The minimum atomic E-state index is -2.72. The van der Waals surface area contributed by atoms with Crippen molar-refractivity contribution in [3.05, 3.63) is 60.7 Å². The van der Waals surface area contributed by atoms with Crippen LogP contribution in [0.25, 0.3) is 0 Å². The highest BCUT2D eigenvalue weighted by atomic mass is 28.4. The Hall–Kier alpha value is -1.54. The van der Waals surface area contributed by atoms with Crippen molar-refractivity contribution in [1.82, 2.24) is 0 Å². The quantitative estimate of drug-likeness (QED) is 0.241. The summed E-state index contributed by atoms with van der Waals surface area (Å²) in [6.07, 6.45) is 1.49. The normalized spacial score (nSPS) is 24.5. The predicted octanol–water partition coefficient (Wildman–Crippen LogP) is 6.25. The van der Waals surface area contributed by atoms with Crippen molar-refractivity contribution in [1.29, 1.82) is 0 Å². The van der Waals surface area contributed by atoms with Crippen molar-refractivity contribution >= 4 is 18.7 Å². The summed E-state index contributed by atoms with van der Waals surface area (Å²) < 4.78 is 32.2. The van der Waals surface area contributed by atoms with E-state index >= 15 is 0 Å². The maximum absolute atomic E-state index is 7.56. The highest BCUT2D eigenvalue weighted by Gasteiger charge is 2.54. The fourth-order valence-electron chi connectivity index (χ4n) is 5.70. The molecule has 37 heavy (non-hydrogen) atoms. The highest BCUT2D eigenvalue weighted by molar-refractivity contribution is 6.99. The first-order chi connectivity index (χ1) is 17.6. The zero-order valence-electron chi connectivity index (χ0n) is 24.2. The number of rotatable bonds is 12. The molecular weight excluding hydrogens is 480 g/mol. The summed E-state index contributed by atoms with van der Waals surface area (Å²) in [5.41, 5.74) is 0. The molecular formula is C31H48O5Si. The molecule has 0 heterocycles. The summed E-state index contributed by atoms with van der Waals surface area (Å²) in [6.45, 7) is 18.3. The first-order valence-electron chi connectivity index (χ1n) is 13.9. The summed E-state index contributed by atoms with van der Waals surface area (Å²) >= 11 is 0. The Morgan fingerprint density at radius 2 is 1.30 bits per heavy atom. The van der Waals surface area contributed by atoms with E-state index in [9.17, 15) is 0 Å². The van der Waals surface area contributed by atoms with Crippen LogP contribution in [-0.4, -0.2) is 46.0 Å². The Labute approximate surface area is 225 Å². The fourth-order valence-corrected chi connectivity index (χ4v) is 10.5. The van der Waals surface area contributed by atoms with E-state index in [1.54, 1.807) is 0 Å². The number of hydrogen-bond acceptors (Lipinski definition) is 5. The van der Waals surface area contributed by atoms with Crippen LogP contribution in [0.4, 0.5) is 0 Å². The van der Waals surface area contributed by atoms with Gasteiger partial charge in [-0.25, -0.2) is 0 Å². The zero-order chi connectivity index (χ0) is 27.1. The van der Waals surface area contributed by atoms with Gasteiger partial charge < -0.3 is 23.4 Å². The molecule has 1 aliphatic carbocycles. The Morgan fingerprint density at radius 3 is 1.70 bits per heavy atom. The Balaban J connectivity index is 2.06. The monoisotopic (exact) mass is 528 g/mol. The molecule has 0 radical (unpaired) electrons. The number of benzene rings is 2. The Morgan fingerprint density at radius 1 is 0.838 bits per heavy atom. The molecule has 0 bridgehead atoms. The Kier molecular flexibility index (Phi) is 10.5. The lowest BCUT2D eigenvalue weighted by Gasteiger charge is -2.50. The molecule has 4 atom stereocenters. The summed E-state index contributed by atoms with van der Waals surface area (Å²) in [4.78, 5) is 0. The van der Waals surface area contributed by atoms with Gasteiger partial charge in [0.15, 0.2) is 18.4 Å². The zero-order valence-corrected chi connectivity index (χ0v) is 25.2. The lowest BCUT2D eigenvalue weighted by molar-refractivity contribution is -0.362. The molecule has 1 fully saturated rings. The molecule has 0 saturated heterocycles. The van der Waals surface area contributed by atoms with Gasteiger partial charge in [-0.1, -0.05) is 88.4 Å². The predicted molar refractivity (Wildman–Crippen MR) is 153 cm³/mol.